The van der Waals surface area contributed by atoms with Crippen molar-refractivity contribution in [2.45, 2.75) is 44.0 Å². The Bertz CT molecular complexity index is 333. The summed E-state index contributed by atoms with van der Waals surface area (Å²) in [4.78, 5) is 1.19. The van der Waals surface area contributed by atoms with Crippen LogP contribution in [0.5, 0.6) is 0 Å². The number of nitrogens with one attached hydrogen (secondary N) is 1. The highest BCUT2D eigenvalue weighted by atomic mass is 35.5. The number of halogens is 1. The average molecular weight is 272 g/mol. The molecule has 0 heterocycles. The molecule has 0 aliphatic carbocycles. The van der Waals surface area contributed by atoms with Crippen LogP contribution in [0.2, 0.25) is 5.02 Å². The van der Waals surface area contributed by atoms with Crippen LogP contribution in [-0.2, 0) is 0 Å². The summed E-state index contributed by atoms with van der Waals surface area (Å²) >= 11 is 7.94. The molecule has 0 saturated heterocycles. The summed E-state index contributed by atoms with van der Waals surface area (Å²) in [5.41, 5.74) is 0.232. The molecule has 0 aliphatic rings. The third kappa shape index (κ3) is 6.97. The van der Waals surface area contributed by atoms with Crippen LogP contribution in [0, 0.1) is 0 Å². The Morgan fingerprint density at radius 3 is 2.53 bits per heavy atom. The molecule has 3 heteroatoms. The van der Waals surface area contributed by atoms with Gasteiger partial charge in [-0.2, -0.15) is 0 Å². The fourth-order valence-corrected chi connectivity index (χ4v) is 2.68. The maximum absolute atomic E-state index is 6.09. The lowest BCUT2D eigenvalue weighted by Gasteiger charge is -2.20. The molecule has 1 aromatic rings. The normalized spacial score (nSPS) is 11.8. The summed E-state index contributed by atoms with van der Waals surface area (Å²) in [6.45, 7) is 7.69. The maximum Gasteiger partial charge on any atom is 0.0541 e. The predicted octanol–water partition coefficient (Wildman–Crippen LogP) is 4.60. The second-order valence-electron chi connectivity index (χ2n) is 5.16. The van der Waals surface area contributed by atoms with Crippen molar-refractivity contribution in [1.29, 1.82) is 0 Å². The third-order valence-corrected chi connectivity index (χ3v) is 3.92. The van der Waals surface area contributed by atoms with Gasteiger partial charge in [-0.05, 0) is 58.0 Å². The van der Waals surface area contributed by atoms with Crippen LogP contribution in [0.3, 0.4) is 0 Å². The fourth-order valence-electron chi connectivity index (χ4n) is 1.43. The molecule has 0 radical (unpaired) electrons. The van der Waals surface area contributed by atoms with Gasteiger partial charge in [0.15, 0.2) is 0 Å². The highest BCUT2D eigenvalue weighted by molar-refractivity contribution is 7.99. The summed E-state index contributed by atoms with van der Waals surface area (Å²) < 4.78 is 0. The number of hydrogen-bond acceptors (Lipinski definition) is 2. The zero-order chi connectivity index (χ0) is 12.7. The van der Waals surface area contributed by atoms with E-state index in [1.54, 1.807) is 0 Å². The maximum atomic E-state index is 6.09. The first kappa shape index (κ1) is 14.9. The summed E-state index contributed by atoms with van der Waals surface area (Å²) in [6.07, 6.45) is 2.44. The van der Waals surface area contributed by atoms with Crippen LogP contribution in [0.1, 0.15) is 33.6 Å². The standard InChI is InChI=1S/C14H22ClNS/c1-14(2,3)16-10-6-7-11-17-13-9-5-4-8-12(13)15/h4-5,8-9,16H,6-7,10-11H2,1-3H3. The molecule has 0 fully saturated rings. The summed E-state index contributed by atoms with van der Waals surface area (Å²) in [6, 6.07) is 8.04. The first-order valence-electron chi connectivity index (χ1n) is 6.11. The highest BCUT2D eigenvalue weighted by Crippen LogP contribution is 2.27. The van der Waals surface area contributed by atoms with Crippen LogP contribution < -0.4 is 5.32 Å². The Labute approximate surface area is 114 Å². The first-order valence-corrected chi connectivity index (χ1v) is 7.48. The molecule has 1 aromatic carbocycles. The highest BCUT2D eigenvalue weighted by Gasteiger charge is 2.07. The zero-order valence-electron chi connectivity index (χ0n) is 10.9. The number of unbranched alkanes of at least 4 members (excludes halogenated alkanes) is 1. The van der Waals surface area contributed by atoms with Gasteiger partial charge in [-0.15, -0.1) is 11.8 Å². The molecule has 0 spiro atoms. The van der Waals surface area contributed by atoms with E-state index < -0.39 is 0 Å². The Hall–Kier alpha value is -0.180. The monoisotopic (exact) mass is 271 g/mol. The molecule has 0 unspecified atom stereocenters. The minimum Gasteiger partial charge on any atom is -0.312 e. The topological polar surface area (TPSA) is 12.0 Å². The Balaban J connectivity index is 2.11. The van der Waals surface area contributed by atoms with Crippen molar-refractivity contribution < 1.29 is 0 Å². The van der Waals surface area contributed by atoms with Crippen LogP contribution in [0.25, 0.3) is 0 Å². The number of hydrogen-bond donors (Lipinski definition) is 1. The van der Waals surface area contributed by atoms with E-state index in [-0.39, 0.29) is 5.54 Å². The molecule has 17 heavy (non-hydrogen) atoms. The van der Waals surface area contributed by atoms with Crippen LogP contribution in [0.4, 0.5) is 0 Å². The SMILES string of the molecule is CC(C)(C)NCCCCSc1ccccc1Cl. The molecule has 0 atom stereocenters. The molecular weight excluding hydrogens is 250 g/mol. The van der Waals surface area contributed by atoms with E-state index in [4.69, 9.17) is 11.6 Å². The van der Waals surface area contributed by atoms with Gasteiger partial charge in [0.25, 0.3) is 0 Å². The van der Waals surface area contributed by atoms with E-state index in [1.165, 1.54) is 17.7 Å². The molecule has 1 nitrogen and oxygen atoms in total. The smallest absolute Gasteiger partial charge is 0.0541 e. The van der Waals surface area contributed by atoms with Gasteiger partial charge in [-0.3, -0.25) is 0 Å². The molecule has 96 valence electrons. The molecular formula is C14H22ClNS. The first-order chi connectivity index (χ1) is 7.99. The second kappa shape index (κ2) is 7.30. The fraction of sp³-hybridized carbons (Fsp3) is 0.571. The summed E-state index contributed by atoms with van der Waals surface area (Å²) in [5, 5.41) is 4.36. The lowest BCUT2D eigenvalue weighted by atomic mass is 10.1. The van der Waals surface area contributed by atoms with E-state index >= 15 is 0 Å². The van der Waals surface area contributed by atoms with E-state index in [9.17, 15) is 0 Å². The summed E-state index contributed by atoms with van der Waals surface area (Å²) in [7, 11) is 0. The van der Waals surface area contributed by atoms with Crippen molar-refractivity contribution in [3.63, 3.8) is 0 Å². The van der Waals surface area contributed by atoms with Crippen molar-refractivity contribution in [3.05, 3.63) is 29.3 Å². The average Bonchev–Trinajstić information content (AvgIpc) is 2.24. The Kier molecular flexibility index (Phi) is 6.39. The van der Waals surface area contributed by atoms with Crippen molar-refractivity contribution in [1.82, 2.24) is 5.32 Å². The van der Waals surface area contributed by atoms with Crippen molar-refractivity contribution in [2.75, 3.05) is 12.3 Å². The number of thioether (sulfide) groups is 1. The van der Waals surface area contributed by atoms with Crippen LogP contribution in [0.15, 0.2) is 29.2 Å². The van der Waals surface area contributed by atoms with Crippen molar-refractivity contribution in [3.8, 4) is 0 Å². The Morgan fingerprint density at radius 2 is 1.88 bits per heavy atom. The van der Waals surface area contributed by atoms with E-state index in [1.807, 2.05) is 30.0 Å². The predicted molar refractivity (Wildman–Crippen MR) is 79.2 cm³/mol. The van der Waals surface area contributed by atoms with E-state index in [0.717, 1.165) is 17.3 Å². The van der Waals surface area contributed by atoms with Gasteiger partial charge >= 0.3 is 0 Å². The van der Waals surface area contributed by atoms with Gasteiger partial charge in [0, 0.05) is 10.4 Å². The number of rotatable bonds is 6. The van der Waals surface area contributed by atoms with E-state index in [2.05, 4.69) is 32.2 Å². The van der Waals surface area contributed by atoms with Crippen molar-refractivity contribution in [2.24, 2.45) is 0 Å². The molecule has 1 N–H and O–H groups in total. The van der Waals surface area contributed by atoms with Gasteiger partial charge < -0.3 is 5.32 Å². The van der Waals surface area contributed by atoms with Gasteiger partial charge in [-0.25, -0.2) is 0 Å². The van der Waals surface area contributed by atoms with Crippen LogP contribution >= 0.6 is 23.4 Å². The van der Waals surface area contributed by atoms with Gasteiger partial charge in [-0.1, -0.05) is 23.7 Å². The largest absolute Gasteiger partial charge is 0.312 e. The lowest BCUT2D eigenvalue weighted by molar-refractivity contribution is 0.421. The molecule has 0 aromatic heterocycles. The van der Waals surface area contributed by atoms with Gasteiger partial charge in [0.05, 0.1) is 5.02 Å². The van der Waals surface area contributed by atoms with E-state index in [0.29, 0.717) is 0 Å². The molecule has 0 aliphatic heterocycles. The zero-order valence-corrected chi connectivity index (χ0v) is 12.5. The minimum absolute atomic E-state index is 0.232. The van der Waals surface area contributed by atoms with Crippen molar-refractivity contribution >= 4 is 23.4 Å². The minimum atomic E-state index is 0.232. The Morgan fingerprint density at radius 1 is 1.18 bits per heavy atom. The second-order valence-corrected chi connectivity index (χ2v) is 6.71. The lowest BCUT2D eigenvalue weighted by Crippen LogP contribution is -2.36. The molecule has 1 rings (SSSR count). The number of benzene rings is 1. The van der Waals surface area contributed by atoms with Crippen LogP contribution in [-0.4, -0.2) is 17.8 Å². The molecule has 0 saturated carbocycles. The summed E-state index contributed by atoms with van der Waals surface area (Å²) in [5.74, 6) is 1.13. The van der Waals surface area contributed by atoms with Gasteiger partial charge in [0.2, 0.25) is 0 Å². The quantitative estimate of drug-likeness (QED) is 0.599. The molecule has 0 bridgehead atoms. The van der Waals surface area contributed by atoms with Gasteiger partial charge in [0.1, 0.15) is 0 Å². The molecule has 0 amide bonds. The third-order valence-electron chi connectivity index (χ3n) is 2.32.